The summed E-state index contributed by atoms with van der Waals surface area (Å²) >= 11 is 0. The first-order chi connectivity index (χ1) is 17.1. The molecule has 174 valence electrons. The van der Waals surface area contributed by atoms with Crippen molar-refractivity contribution >= 4 is 22.5 Å². The van der Waals surface area contributed by atoms with Gasteiger partial charge in [0.2, 0.25) is 0 Å². The van der Waals surface area contributed by atoms with E-state index in [0.717, 1.165) is 44.9 Å². The smallest absolute Gasteiger partial charge is 0.169 e. The lowest BCUT2D eigenvalue weighted by molar-refractivity contribution is 0.403. The third kappa shape index (κ3) is 4.61. The number of nitrogens with two attached hydrogens (primary N) is 1. The molecule has 0 amide bonds. The summed E-state index contributed by atoms with van der Waals surface area (Å²) in [5.41, 5.74) is 11.6. The van der Waals surface area contributed by atoms with Crippen molar-refractivity contribution in [3.05, 3.63) is 90.9 Å². The van der Waals surface area contributed by atoms with E-state index in [1.54, 1.807) is 19.5 Å². The minimum atomic E-state index is 0.0661. The number of rotatable bonds is 7. The van der Waals surface area contributed by atoms with Gasteiger partial charge in [0.15, 0.2) is 11.6 Å². The number of pyridine rings is 2. The van der Waals surface area contributed by atoms with Crippen molar-refractivity contribution in [1.82, 2.24) is 19.9 Å². The third-order valence-corrected chi connectivity index (χ3v) is 5.91. The molecule has 0 spiro atoms. The van der Waals surface area contributed by atoms with E-state index in [0.29, 0.717) is 18.2 Å². The van der Waals surface area contributed by atoms with Crippen molar-refractivity contribution in [2.75, 3.05) is 24.7 Å². The molecule has 5 rings (SSSR count). The lowest BCUT2D eigenvalue weighted by Gasteiger charge is -2.18. The van der Waals surface area contributed by atoms with Gasteiger partial charge >= 0.3 is 0 Å². The number of hydrogen-bond donors (Lipinski definition) is 2. The molecule has 1 atom stereocenters. The van der Waals surface area contributed by atoms with Gasteiger partial charge in [-0.1, -0.05) is 49.4 Å². The molecule has 2 aromatic carbocycles. The fourth-order valence-electron chi connectivity index (χ4n) is 4.09. The number of fused-ring (bicyclic) bond motifs is 1. The van der Waals surface area contributed by atoms with Crippen LogP contribution in [0.5, 0.6) is 5.75 Å². The molecule has 0 bridgehead atoms. The minimum absolute atomic E-state index is 0.0661. The zero-order valence-corrected chi connectivity index (χ0v) is 19.6. The topological polar surface area (TPSA) is 98.8 Å². The Hall–Kier alpha value is -4.52. The highest BCUT2D eigenvalue weighted by atomic mass is 16.5. The Morgan fingerprint density at radius 2 is 1.63 bits per heavy atom. The van der Waals surface area contributed by atoms with Crippen LogP contribution < -0.4 is 15.8 Å². The lowest BCUT2D eigenvalue weighted by atomic mass is 10.0. The van der Waals surface area contributed by atoms with E-state index in [1.165, 1.54) is 0 Å². The maximum absolute atomic E-state index is 6.39. The summed E-state index contributed by atoms with van der Waals surface area (Å²) < 4.78 is 5.47. The van der Waals surface area contributed by atoms with Crippen LogP contribution in [0, 0.1) is 0 Å². The van der Waals surface area contributed by atoms with Gasteiger partial charge in [-0.3, -0.25) is 9.97 Å². The van der Waals surface area contributed by atoms with E-state index < -0.39 is 0 Å². The van der Waals surface area contributed by atoms with E-state index >= 15 is 0 Å². The highest BCUT2D eigenvalue weighted by Crippen LogP contribution is 2.34. The number of anilines is 2. The first-order valence-corrected chi connectivity index (χ1v) is 11.4. The average Bonchev–Trinajstić information content (AvgIpc) is 2.92. The van der Waals surface area contributed by atoms with Crippen LogP contribution in [0.4, 0.5) is 11.6 Å². The summed E-state index contributed by atoms with van der Waals surface area (Å²) in [5, 5.41) is 4.42. The van der Waals surface area contributed by atoms with E-state index in [2.05, 4.69) is 28.3 Å². The monoisotopic (exact) mass is 462 g/mol. The van der Waals surface area contributed by atoms with Crippen LogP contribution in [-0.2, 0) is 0 Å². The van der Waals surface area contributed by atoms with Gasteiger partial charge in [-0.05, 0) is 30.3 Å². The Kier molecular flexibility index (Phi) is 6.22. The molecule has 0 saturated heterocycles. The van der Waals surface area contributed by atoms with E-state index in [1.807, 2.05) is 66.7 Å². The Balaban J connectivity index is 1.54. The van der Waals surface area contributed by atoms with E-state index in [9.17, 15) is 0 Å². The molecule has 35 heavy (non-hydrogen) atoms. The van der Waals surface area contributed by atoms with Crippen LogP contribution in [0.25, 0.3) is 33.4 Å². The molecule has 0 radical (unpaired) electrons. The second kappa shape index (κ2) is 9.77. The predicted octanol–water partition coefficient (Wildman–Crippen LogP) is 5.56. The van der Waals surface area contributed by atoms with Crippen LogP contribution in [0.2, 0.25) is 0 Å². The van der Waals surface area contributed by atoms with Crippen molar-refractivity contribution in [3.8, 4) is 28.3 Å². The Bertz CT molecular complexity index is 1470. The number of aromatic nitrogens is 4. The molecule has 5 aromatic rings. The number of nitrogens with one attached hydrogen (secondary N) is 1. The van der Waals surface area contributed by atoms with Gasteiger partial charge in [0.05, 0.1) is 29.7 Å². The maximum Gasteiger partial charge on any atom is 0.169 e. The molecule has 1 unspecified atom stereocenters. The fourth-order valence-corrected chi connectivity index (χ4v) is 4.09. The summed E-state index contributed by atoms with van der Waals surface area (Å²) in [6.07, 6.45) is 3.56. The molecule has 0 fully saturated rings. The molecule has 7 nitrogen and oxygen atoms in total. The predicted molar refractivity (Wildman–Crippen MR) is 140 cm³/mol. The second-order valence-electron chi connectivity index (χ2n) is 8.30. The van der Waals surface area contributed by atoms with Gasteiger partial charge in [-0.15, -0.1) is 0 Å². The van der Waals surface area contributed by atoms with Gasteiger partial charge in [-0.2, -0.15) is 0 Å². The maximum atomic E-state index is 6.39. The van der Waals surface area contributed by atoms with Crippen molar-refractivity contribution < 1.29 is 4.74 Å². The zero-order chi connectivity index (χ0) is 24.2. The number of nitrogen functional groups attached to an aromatic ring is 1. The molecule has 0 aliphatic heterocycles. The number of benzene rings is 2. The molecular formula is C28H26N6O. The molecule has 0 saturated carbocycles. The number of ether oxygens (including phenoxy) is 1. The van der Waals surface area contributed by atoms with Crippen LogP contribution >= 0.6 is 0 Å². The highest BCUT2D eigenvalue weighted by molar-refractivity contribution is 5.88. The summed E-state index contributed by atoms with van der Waals surface area (Å²) in [7, 11) is 1.65. The Labute approximate surface area is 204 Å². The van der Waals surface area contributed by atoms with Crippen molar-refractivity contribution in [1.29, 1.82) is 0 Å². The van der Waals surface area contributed by atoms with Crippen molar-refractivity contribution in [2.24, 2.45) is 0 Å². The fraction of sp³-hybridized carbons (Fsp3) is 0.143. The number of nitrogens with zero attached hydrogens (tertiary/aromatic N) is 4. The molecular weight excluding hydrogens is 436 g/mol. The standard InChI is InChI=1S/C28H26N6O/c1-18(24-23(35-2)11-7-15-31-24)17-32-28-27(29)33-25(19-8-4-3-5-9-19)26(34-28)21-12-13-22-20(16-21)10-6-14-30-22/h3-16,18H,17H2,1-2H3,(H2,29,33)(H,32,34). The molecule has 3 heterocycles. The zero-order valence-electron chi connectivity index (χ0n) is 19.6. The van der Waals surface area contributed by atoms with Gasteiger partial charge in [-0.25, -0.2) is 9.97 Å². The highest BCUT2D eigenvalue weighted by Gasteiger charge is 2.18. The van der Waals surface area contributed by atoms with Crippen LogP contribution in [-0.4, -0.2) is 33.6 Å². The second-order valence-corrected chi connectivity index (χ2v) is 8.30. The van der Waals surface area contributed by atoms with E-state index in [-0.39, 0.29) is 5.92 Å². The molecule has 3 aromatic heterocycles. The molecule has 0 aliphatic carbocycles. The average molecular weight is 463 g/mol. The Morgan fingerprint density at radius 3 is 2.46 bits per heavy atom. The van der Waals surface area contributed by atoms with Gasteiger partial charge in [0.1, 0.15) is 5.75 Å². The Morgan fingerprint density at radius 1 is 0.857 bits per heavy atom. The summed E-state index contributed by atoms with van der Waals surface area (Å²) in [4.78, 5) is 18.7. The summed E-state index contributed by atoms with van der Waals surface area (Å²) in [6, 6.07) is 23.8. The molecule has 3 N–H and O–H groups in total. The van der Waals surface area contributed by atoms with Gasteiger partial charge in [0.25, 0.3) is 0 Å². The van der Waals surface area contributed by atoms with Crippen LogP contribution in [0.3, 0.4) is 0 Å². The number of methoxy groups -OCH3 is 1. The summed E-state index contributed by atoms with van der Waals surface area (Å²) in [6.45, 7) is 2.65. The van der Waals surface area contributed by atoms with Crippen molar-refractivity contribution in [2.45, 2.75) is 12.8 Å². The molecule has 7 heteroatoms. The third-order valence-electron chi connectivity index (χ3n) is 5.91. The van der Waals surface area contributed by atoms with Crippen LogP contribution in [0.1, 0.15) is 18.5 Å². The minimum Gasteiger partial charge on any atom is -0.495 e. The first kappa shape index (κ1) is 22.3. The molecule has 0 aliphatic rings. The largest absolute Gasteiger partial charge is 0.495 e. The lowest BCUT2D eigenvalue weighted by Crippen LogP contribution is -2.15. The van der Waals surface area contributed by atoms with Gasteiger partial charge in [0, 0.05) is 41.4 Å². The first-order valence-electron chi connectivity index (χ1n) is 11.4. The normalized spacial score (nSPS) is 11.8. The van der Waals surface area contributed by atoms with Gasteiger partial charge < -0.3 is 15.8 Å². The quantitative estimate of drug-likeness (QED) is 0.327. The van der Waals surface area contributed by atoms with Crippen LogP contribution in [0.15, 0.2) is 85.2 Å². The summed E-state index contributed by atoms with van der Waals surface area (Å²) in [5.74, 6) is 1.70. The SMILES string of the molecule is COc1cccnc1C(C)CNc1nc(-c2ccc3ncccc3c2)c(-c2ccccc2)nc1N. The number of hydrogen-bond acceptors (Lipinski definition) is 7. The van der Waals surface area contributed by atoms with Crippen molar-refractivity contribution in [3.63, 3.8) is 0 Å². The van der Waals surface area contributed by atoms with E-state index in [4.69, 9.17) is 20.4 Å².